The second-order valence-electron chi connectivity index (χ2n) is 4.87. The zero-order chi connectivity index (χ0) is 14.2. The Bertz CT molecular complexity index is 789. The topological polar surface area (TPSA) is 47.3 Å². The fourth-order valence-electron chi connectivity index (χ4n) is 2.46. The average Bonchev–Trinajstić information content (AvgIpc) is 3.11. The molecular weight excluding hydrogens is 264 g/mol. The van der Waals surface area contributed by atoms with Crippen molar-refractivity contribution in [3.63, 3.8) is 0 Å². The van der Waals surface area contributed by atoms with Gasteiger partial charge in [-0.2, -0.15) is 0 Å². The zero-order valence-corrected chi connectivity index (χ0v) is 11.6. The predicted molar refractivity (Wildman–Crippen MR) is 81.9 cm³/mol. The van der Waals surface area contributed by atoms with Crippen LogP contribution in [0, 0.1) is 0 Å². The average molecular weight is 278 g/mol. The minimum Gasteiger partial charge on any atom is -0.438 e. The number of aromatic nitrogens is 1. The van der Waals surface area contributed by atoms with Crippen LogP contribution >= 0.6 is 0 Å². The van der Waals surface area contributed by atoms with Crippen molar-refractivity contribution in [1.82, 2.24) is 4.98 Å². The van der Waals surface area contributed by atoms with E-state index < -0.39 is 0 Å². The monoisotopic (exact) mass is 278 g/mol. The first-order chi connectivity index (χ1) is 10.3. The Morgan fingerprint density at radius 2 is 1.90 bits per heavy atom. The molecule has 0 unspecified atom stereocenters. The molecule has 0 saturated heterocycles. The maximum absolute atomic E-state index is 5.88. The number of para-hydroxylation sites is 4. The number of ether oxygens (including phenoxy) is 1. The molecule has 2 aromatic carbocycles. The molecule has 21 heavy (non-hydrogen) atoms. The molecule has 1 aromatic heterocycles. The Labute approximate surface area is 122 Å². The molecule has 1 N–H and O–H groups in total. The van der Waals surface area contributed by atoms with Gasteiger partial charge in [-0.1, -0.05) is 31.2 Å². The van der Waals surface area contributed by atoms with Crippen molar-refractivity contribution in [3.8, 4) is 5.75 Å². The molecule has 0 atom stereocenters. The Balaban J connectivity index is 1.80. The molecule has 1 aliphatic rings. The fourth-order valence-corrected chi connectivity index (χ4v) is 2.46. The third kappa shape index (κ3) is 1.96. The molecule has 3 aromatic rings. The number of hydrogen-bond acceptors (Lipinski definition) is 4. The summed E-state index contributed by atoms with van der Waals surface area (Å²) in [5.74, 6) is 2.13. The van der Waals surface area contributed by atoms with Crippen molar-refractivity contribution in [1.29, 1.82) is 0 Å². The van der Waals surface area contributed by atoms with E-state index in [4.69, 9.17) is 9.15 Å². The summed E-state index contributed by atoms with van der Waals surface area (Å²) < 4.78 is 11.7. The summed E-state index contributed by atoms with van der Waals surface area (Å²) in [5, 5.41) is 3.29. The van der Waals surface area contributed by atoms with Gasteiger partial charge in [0.05, 0.1) is 11.3 Å². The van der Waals surface area contributed by atoms with Gasteiger partial charge in [0.25, 0.3) is 0 Å². The first-order valence-corrected chi connectivity index (χ1v) is 6.98. The largest absolute Gasteiger partial charge is 0.438 e. The highest BCUT2D eigenvalue weighted by Crippen LogP contribution is 2.36. The number of anilines is 1. The molecule has 4 rings (SSSR count). The molecule has 0 aliphatic carbocycles. The summed E-state index contributed by atoms with van der Waals surface area (Å²) in [6, 6.07) is 15.6. The molecule has 0 amide bonds. The van der Waals surface area contributed by atoms with Crippen LogP contribution in [0.2, 0.25) is 0 Å². The third-order valence-electron chi connectivity index (χ3n) is 3.53. The molecule has 0 radical (unpaired) electrons. The number of nitrogens with one attached hydrogen (secondary N) is 1. The van der Waals surface area contributed by atoms with E-state index in [0.717, 1.165) is 34.5 Å². The van der Waals surface area contributed by atoms with Crippen LogP contribution in [0.1, 0.15) is 19.2 Å². The normalized spacial score (nSPS) is 15.5. The van der Waals surface area contributed by atoms with Crippen molar-refractivity contribution < 1.29 is 9.15 Å². The number of allylic oxidation sites excluding steroid dienone is 1. The van der Waals surface area contributed by atoms with Gasteiger partial charge in [0.2, 0.25) is 11.8 Å². The summed E-state index contributed by atoms with van der Waals surface area (Å²) in [5.41, 5.74) is 3.54. The Hall–Kier alpha value is -2.75. The second-order valence-corrected chi connectivity index (χ2v) is 4.87. The van der Waals surface area contributed by atoms with Gasteiger partial charge >= 0.3 is 0 Å². The lowest BCUT2D eigenvalue weighted by atomic mass is 10.2. The molecule has 0 saturated carbocycles. The van der Waals surface area contributed by atoms with Crippen LogP contribution in [-0.2, 0) is 0 Å². The third-order valence-corrected chi connectivity index (χ3v) is 3.53. The highest BCUT2D eigenvalue weighted by molar-refractivity contribution is 5.78. The lowest BCUT2D eigenvalue weighted by molar-refractivity contribution is 0.454. The summed E-state index contributed by atoms with van der Waals surface area (Å²) in [7, 11) is 0. The van der Waals surface area contributed by atoms with Crippen LogP contribution < -0.4 is 10.1 Å². The SMILES string of the molecule is CCC(=C1Nc2ccccc2O1)c1nc2ccccc2o1. The molecule has 0 bridgehead atoms. The number of benzene rings is 2. The van der Waals surface area contributed by atoms with E-state index >= 15 is 0 Å². The van der Waals surface area contributed by atoms with Gasteiger partial charge in [0.1, 0.15) is 5.52 Å². The molecule has 0 fully saturated rings. The first-order valence-electron chi connectivity index (χ1n) is 6.98. The first kappa shape index (κ1) is 12.0. The van der Waals surface area contributed by atoms with Crippen molar-refractivity contribution in [2.45, 2.75) is 13.3 Å². The molecule has 2 heterocycles. The molecule has 4 heteroatoms. The summed E-state index contributed by atoms with van der Waals surface area (Å²) >= 11 is 0. The van der Waals surface area contributed by atoms with Gasteiger partial charge in [-0.3, -0.25) is 0 Å². The second kappa shape index (κ2) is 4.66. The van der Waals surface area contributed by atoms with Crippen molar-refractivity contribution >= 4 is 22.4 Å². The number of rotatable bonds is 2. The van der Waals surface area contributed by atoms with Gasteiger partial charge in [0, 0.05) is 0 Å². The zero-order valence-electron chi connectivity index (χ0n) is 11.6. The van der Waals surface area contributed by atoms with Crippen LogP contribution in [0.25, 0.3) is 16.7 Å². The van der Waals surface area contributed by atoms with Gasteiger partial charge in [-0.25, -0.2) is 4.98 Å². The fraction of sp³-hybridized carbons (Fsp3) is 0.118. The summed E-state index contributed by atoms with van der Waals surface area (Å²) in [4.78, 5) is 4.55. The van der Waals surface area contributed by atoms with Crippen LogP contribution in [-0.4, -0.2) is 4.98 Å². The van der Waals surface area contributed by atoms with E-state index in [1.165, 1.54) is 0 Å². The predicted octanol–water partition coefficient (Wildman–Crippen LogP) is 4.41. The van der Waals surface area contributed by atoms with Crippen LogP contribution in [0.4, 0.5) is 5.69 Å². The van der Waals surface area contributed by atoms with E-state index in [0.29, 0.717) is 11.8 Å². The Morgan fingerprint density at radius 1 is 1.10 bits per heavy atom. The molecule has 1 aliphatic heterocycles. The van der Waals surface area contributed by atoms with Crippen molar-refractivity contribution in [2.24, 2.45) is 0 Å². The minimum atomic E-state index is 0.606. The van der Waals surface area contributed by atoms with Gasteiger partial charge in [-0.05, 0) is 30.7 Å². The maximum Gasteiger partial charge on any atom is 0.228 e. The van der Waals surface area contributed by atoms with E-state index in [1.807, 2.05) is 48.5 Å². The van der Waals surface area contributed by atoms with Gasteiger partial charge in [-0.15, -0.1) is 0 Å². The lowest BCUT2D eigenvalue weighted by Gasteiger charge is -2.04. The lowest BCUT2D eigenvalue weighted by Crippen LogP contribution is -2.02. The smallest absolute Gasteiger partial charge is 0.228 e. The van der Waals surface area contributed by atoms with E-state index in [1.54, 1.807) is 0 Å². The number of hydrogen-bond donors (Lipinski definition) is 1. The van der Waals surface area contributed by atoms with E-state index in [2.05, 4.69) is 17.2 Å². The molecule has 4 nitrogen and oxygen atoms in total. The van der Waals surface area contributed by atoms with Crippen molar-refractivity contribution in [2.75, 3.05) is 5.32 Å². The Kier molecular flexibility index (Phi) is 2.67. The van der Waals surface area contributed by atoms with E-state index in [9.17, 15) is 0 Å². The highest BCUT2D eigenvalue weighted by Gasteiger charge is 2.22. The molecule has 0 spiro atoms. The standard InChI is InChI=1S/C17H14N2O2/c1-2-11(16-18-12-7-3-5-9-14(12)20-16)17-19-13-8-4-6-10-15(13)21-17/h3-10,18H,2H2,1H3. The summed E-state index contributed by atoms with van der Waals surface area (Å²) in [6.07, 6.45) is 0.767. The Morgan fingerprint density at radius 3 is 2.71 bits per heavy atom. The van der Waals surface area contributed by atoms with Gasteiger partial charge < -0.3 is 14.5 Å². The number of fused-ring (bicyclic) bond motifs is 2. The summed E-state index contributed by atoms with van der Waals surface area (Å²) in [6.45, 7) is 2.06. The van der Waals surface area contributed by atoms with Crippen LogP contribution in [0.15, 0.2) is 58.8 Å². The van der Waals surface area contributed by atoms with Gasteiger partial charge in [0.15, 0.2) is 11.3 Å². The highest BCUT2D eigenvalue weighted by atomic mass is 16.5. The van der Waals surface area contributed by atoms with Crippen LogP contribution in [0.5, 0.6) is 5.75 Å². The maximum atomic E-state index is 5.88. The molecule has 104 valence electrons. The number of oxazole rings is 1. The number of nitrogens with zero attached hydrogens (tertiary/aromatic N) is 1. The molecular formula is C17H14N2O2. The van der Waals surface area contributed by atoms with E-state index in [-0.39, 0.29) is 0 Å². The quantitative estimate of drug-likeness (QED) is 0.754. The van der Waals surface area contributed by atoms with Crippen molar-refractivity contribution in [3.05, 3.63) is 60.3 Å². The minimum absolute atomic E-state index is 0.606. The van der Waals surface area contributed by atoms with Crippen LogP contribution in [0.3, 0.4) is 0 Å².